The van der Waals surface area contributed by atoms with E-state index in [0.29, 0.717) is 18.5 Å². The van der Waals surface area contributed by atoms with Crippen molar-refractivity contribution in [2.45, 2.75) is 38.5 Å². The highest BCUT2D eigenvalue weighted by Gasteiger charge is 2.34. The molecule has 0 radical (unpaired) electrons. The van der Waals surface area contributed by atoms with Crippen LogP contribution in [0, 0.1) is 0 Å². The van der Waals surface area contributed by atoms with Gasteiger partial charge in [0.2, 0.25) is 0 Å². The number of rotatable bonds is 1. The number of fused-ring (bicyclic) bond motifs is 1. The number of carbonyl (C=O) groups is 1. The van der Waals surface area contributed by atoms with Gasteiger partial charge in [-0.15, -0.1) is 0 Å². The monoisotopic (exact) mass is 260 g/mol. The Hall–Kier alpha value is -1.55. The van der Waals surface area contributed by atoms with Gasteiger partial charge in [0, 0.05) is 31.6 Å². The maximum atomic E-state index is 12.5. The Morgan fingerprint density at radius 2 is 1.95 bits per heavy atom. The van der Waals surface area contributed by atoms with Crippen molar-refractivity contribution in [2.75, 3.05) is 13.1 Å². The fourth-order valence-electron chi connectivity index (χ4n) is 3.03. The fourth-order valence-corrected chi connectivity index (χ4v) is 3.03. The predicted octanol–water partition coefficient (Wildman–Crippen LogP) is 1.20. The highest BCUT2D eigenvalue weighted by atomic mass is 16.5. The van der Waals surface area contributed by atoms with Crippen molar-refractivity contribution < 1.29 is 9.53 Å². The summed E-state index contributed by atoms with van der Waals surface area (Å²) in [4.78, 5) is 14.5. The highest BCUT2D eigenvalue weighted by Crippen LogP contribution is 2.29. The molecule has 4 heteroatoms. The fraction of sp³-hybridized carbons (Fsp3) is 0.533. The number of ether oxygens (including phenoxy) is 1. The third-order valence-electron chi connectivity index (χ3n) is 3.79. The van der Waals surface area contributed by atoms with Crippen LogP contribution < -0.4 is 10.1 Å². The smallest absolute Gasteiger partial charge is 0.264 e. The van der Waals surface area contributed by atoms with Gasteiger partial charge < -0.3 is 15.0 Å². The molecule has 1 saturated heterocycles. The zero-order valence-electron chi connectivity index (χ0n) is 11.4. The van der Waals surface area contributed by atoms with Gasteiger partial charge in [-0.3, -0.25) is 4.79 Å². The molecule has 0 bridgehead atoms. The third kappa shape index (κ3) is 2.45. The van der Waals surface area contributed by atoms with Crippen LogP contribution in [0.15, 0.2) is 24.3 Å². The number of nitrogens with one attached hydrogen (secondary N) is 1. The van der Waals surface area contributed by atoms with E-state index in [1.807, 2.05) is 29.2 Å². The van der Waals surface area contributed by atoms with Crippen LogP contribution in [-0.2, 0) is 11.2 Å². The molecule has 2 heterocycles. The number of para-hydroxylation sites is 1. The van der Waals surface area contributed by atoms with Crippen LogP contribution in [0.1, 0.15) is 19.4 Å². The average molecular weight is 260 g/mol. The quantitative estimate of drug-likeness (QED) is 0.825. The number of hydrogen-bond donors (Lipinski definition) is 1. The van der Waals surface area contributed by atoms with Crippen LogP contribution in [0.5, 0.6) is 5.75 Å². The summed E-state index contributed by atoms with van der Waals surface area (Å²) >= 11 is 0. The van der Waals surface area contributed by atoms with E-state index in [4.69, 9.17) is 4.74 Å². The second-order valence-electron chi connectivity index (χ2n) is 5.63. The van der Waals surface area contributed by atoms with Gasteiger partial charge in [0.15, 0.2) is 6.10 Å². The molecule has 0 saturated carbocycles. The van der Waals surface area contributed by atoms with E-state index in [-0.39, 0.29) is 12.0 Å². The van der Waals surface area contributed by atoms with E-state index in [2.05, 4.69) is 19.2 Å². The Bertz CT molecular complexity index is 454. The average Bonchev–Trinajstić information content (AvgIpc) is 2.80. The third-order valence-corrected chi connectivity index (χ3v) is 3.79. The summed E-state index contributed by atoms with van der Waals surface area (Å²) in [5.41, 5.74) is 1.14. The molecular weight excluding hydrogens is 240 g/mol. The van der Waals surface area contributed by atoms with Gasteiger partial charge in [-0.05, 0) is 25.5 Å². The van der Waals surface area contributed by atoms with E-state index < -0.39 is 0 Å². The minimum absolute atomic E-state index is 0.122. The van der Waals surface area contributed by atoms with Crippen LogP contribution in [0.2, 0.25) is 0 Å². The predicted molar refractivity (Wildman–Crippen MR) is 73.2 cm³/mol. The van der Waals surface area contributed by atoms with Gasteiger partial charge in [0.25, 0.3) is 5.91 Å². The normalized spacial score (nSPS) is 29.8. The minimum atomic E-state index is -0.338. The molecule has 102 valence electrons. The summed E-state index contributed by atoms with van der Waals surface area (Å²) in [6, 6.07) is 8.59. The van der Waals surface area contributed by atoms with Gasteiger partial charge in [-0.1, -0.05) is 18.2 Å². The molecule has 3 atom stereocenters. The molecule has 1 fully saturated rings. The Morgan fingerprint density at radius 1 is 1.26 bits per heavy atom. The number of piperazine rings is 1. The van der Waals surface area contributed by atoms with E-state index in [9.17, 15) is 4.79 Å². The molecule has 0 aromatic heterocycles. The van der Waals surface area contributed by atoms with Crippen molar-refractivity contribution in [1.29, 1.82) is 0 Å². The minimum Gasteiger partial charge on any atom is -0.480 e. The molecule has 2 aliphatic heterocycles. The molecule has 0 aliphatic carbocycles. The van der Waals surface area contributed by atoms with Crippen molar-refractivity contribution >= 4 is 5.91 Å². The van der Waals surface area contributed by atoms with Crippen molar-refractivity contribution in [3.63, 3.8) is 0 Å². The number of amides is 1. The molecule has 0 spiro atoms. The summed E-state index contributed by atoms with van der Waals surface area (Å²) in [5, 5.41) is 3.44. The molecular formula is C15H20N2O2. The SMILES string of the molecule is C[C@@H]1CN(C(=O)[C@@H]2Cc3ccccc3O2)C[C@@H](C)N1. The van der Waals surface area contributed by atoms with Crippen molar-refractivity contribution in [2.24, 2.45) is 0 Å². The second kappa shape index (κ2) is 4.85. The number of nitrogens with zero attached hydrogens (tertiary/aromatic N) is 1. The van der Waals surface area contributed by atoms with E-state index in [1.54, 1.807) is 0 Å². The van der Waals surface area contributed by atoms with Crippen molar-refractivity contribution in [3.05, 3.63) is 29.8 Å². The van der Waals surface area contributed by atoms with Crippen LogP contribution >= 0.6 is 0 Å². The van der Waals surface area contributed by atoms with E-state index in [1.165, 1.54) is 0 Å². The number of benzene rings is 1. The molecule has 0 unspecified atom stereocenters. The maximum Gasteiger partial charge on any atom is 0.264 e. The van der Waals surface area contributed by atoms with E-state index >= 15 is 0 Å². The first kappa shape index (κ1) is 12.5. The standard InChI is InChI=1S/C15H20N2O2/c1-10-8-17(9-11(2)16-10)15(18)14-7-12-5-3-4-6-13(12)19-14/h3-6,10-11,14,16H,7-9H2,1-2H3/t10-,11-,14+/m1/s1. The lowest BCUT2D eigenvalue weighted by atomic mass is 10.1. The van der Waals surface area contributed by atoms with Crippen LogP contribution in [-0.4, -0.2) is 42.1 Å². The first-order valence-corrected chi connectivity index (χ1v) is 6.93. The van der Waals surface area contributed by atoms with Crippen LogP contribution in [0.25, 0.3) is 0 Å². The Balaban J connectivity index is 1.69. The first-order chi connectivity index (χ1) is 9.13. The molecule has 1 amide bonds. The van der Waals surface area contributed by atoms with Crippen LogP contribution in [0.3, 0.4) is 0 Å². The zero-order valence-corrected chi connectivity index (χ0v) is 11.4. The Kier molecular flexibility index (Phi) is 3.19. The zero-order chi connectivity index (χ0) is 13.4. The summed E-state index contributed by atoms with van der Waals surface area (Å²) in [6.07, 6.45) is 0.358. The highest BCUT2D eigenvalue weighted by molar-refractivity contribution is 5.82. The number of hydrogen-bond acceptors (Lipinski definition) is 3. The topological polar surface area (TPSA) is 41.6 Å². The molecule has 1 aromatic carbocycles. The molecule has 1 N–H and O–H groups in total. The van der Waals surface area contributed by atoms with Gasteiger partial charge >= 0.3 is 0 Å². The summed E-state index contributed by atoms with van der Waals surface area (Å²) < 4.78 is 5.78. The van der Waals surface area contributed by atoms with Crippen molar-refractivity contribution in [3.8, 4) is 5.75 Å². The molecule has 1 aromatic rings. The van der Waals surface area contributed by atoms with Crippen LogP contribution in [0.4, 0.5) is 0 Å². The lowest BCUT2D eigenvalue weighted by molar-refractivity contribution is -0.139. The van der Waals surface area contributed by atoms with E-state index in [0.717, 1.165) is 24.4 Å². The molecule has 2 aliphatic rings. The maximum absolute atomic E-state index is 12.5. The summed E-state index contributed by atoms with van der Waals surface area (Å²) in [5.74, 6) is 0.980. The van der Waals surface area contributed by atoms with Gasteiger partial charge in [-0.25, -0.2) is 0 Å². The lowest BCUT2D eigenvalue weighted by Crippen LogP contribution is -2.58. The molecule has 3 rings (SSSR count). The van der Waals surface area contributed by atoms with Gasteiger partial charge in [-0.2, -0.15) is 0 Å². The van der Waals surface area contributed by atoms with Crippen molar-refractivity contribution in [1.82, 2.24) is 10.2 Å². The Labute approximate surface area is 113 Å². The summed E-state index contributed by atoms with van der Waals surface area (Å²) in [6.45, 7) is 5.75. The Morgan fingerprint density at radius 3 is 2.63 bits per heavy atom. The first-order valence-electron chi connectivity index (χ1n) is 6.93. The second-order valence-corrected chi connectivity index (χ2v) is 5.63. The van der Waals surface area contributed by atoms with Gasteiger partial charge in [0.05, 0.1) is 0 Å². The lowest BCUT2D eigenvalue weighted by Gasteiger charge is -2.37. The molecule has 19 heavy (non-hydrogen) atoms. The summed E-state index contributed by atoms with van der Waals surface area (Å²) in [7, 11) is 0. The molecule has 4 nitrogen and oxygen atoms in total. The largest absolute Gasteiger partial charge is 0.480 e. The van der Waals surface area contributed by atoms with Gasteiger partial charge in [0.1, 0.15) is 5.75 Å². The number of carbonyl (C=O) groups excluding carboxylic acids is 1.